The van der Waals surface area contributed by atoms with E-state index in [1.165, 1.54) is 11.8 Å². The van der Waals surface area contributed by atoms with Crippen molar-refractivity contribution in [1.82, 2.24) is 14.8 Å². The molecule has 1 fully saturated rings. The van der Waals surface area contributed by atoms with Crippen LogP contribution in [-0.4, -0.2) is 44.9 Å². The second-order valence-electron chi connectivity index (χ2n) is 8.28. The van der Waals surface area contributed by atoms with Gasteiger partial charge >= 0.3 is 0 Å². The summed E-state index contributed by atoms with van der Waals surface area (Å²) in [7, 11) is 0. The van der Waals surface area contributed by atoms with Crippen LogP contribution < -0.4 is 5.32 Å². The number of Topliss-reactive ketones (excluding diaryl/α,β-unsaturated/α-hetero) is 1. The minimum Gasteiger partial charge on any atom is -0.376 e. The van der Waals surface area contributed by atoms with Crippen molar-refractivity contribution in [2.24, 2.45) is 0 Å². The van der Waals surface area contributed by atoms with Crippen LogP contribution in [0.2, 0.25) is 5.02 Å². The number of carbonyl (C=O) groups is 2. The first-order valence-corrected chi connectivity index (χ1v) is 12.3. The topological polar surface area (TPSA) is 86.1 Å². The number of ether oxygens (including phenoxy) is 1. The number of rotatable bonds is 7. The van der Waals surface area contributed by atoms with Crippen molar-refractivity contribution < 1.29 is 14.3 Å². The summed E-state index contributed by atoms with van der Waals surface area (Å²) >= 11 is 7.41. The molecule has 2 atom stereocenters. The summed E-state index contributed by atoms with van der Waals surface area (Å²) in [5, 5.41) is 13.0. The molecular weight excluding hydrogens is 460 g/mol. The SMILES string of the molecule is CC1C(=O)Nc2ccc(C(=O)CSc3nnc(-c4ccc(Cl)cc4)n3CC3CCCO3)cc21. The lowest BCUT2D eigenvalue weighted by Gasteiger charge is -2.14. The molecule has 7 nitrogen and oxygen atoms in total. The molecule has 3 heterocycles. The van der Waals surface area contributed by atoms with Crippen LogP contribution in [0.15, 0.2) is 47.6 Å². The van der Waals surface area contributed by atoms with E-state index < -0.39 is 0 Å². The molecule has 0 aliphatic carbocycles. The Hall–Kier alpha value is -2.68. The van der Waals surface area contributed by atoms with E-state index in [-0.39, 0.29) is 29.5 Å². The first kappa shape index (κ1) is 22.1. The van der Waals surface area contributed by atoms with Crippen molar-refractivity contribution >= 4 is 40.7 Å². The summed E-state index contributed by atoms with van der Waals surface area (Å²) in [6.07, 6.45) is 2.13. The number of ketones is 1. The highest BCUT2D eigenvalue weighted by Gasteiger charge is 2.27. The van der Waals surface area contributed by atoms with Crippen LogP contribution in [0.5, 0.6) is 0 Å². The first-order valence-electron chi connectivity index (χ1n) is 10.9. The van der Waals surface area contributed by atoms with Gasteiger partial charge in [-0.3, -0.25) is 14.2 Å². The molecule has 9 heteroatoms. The molecule has 0 spiro atoms. The van der Waals surface area contributed by atoms with E-state index in [1.54, 1.807) is 12.1 Å². The van der Waals surface area contributed by atoms with Gasteiger partial charge in [0.1, 0.15) is 0 Å². The first-order chi connectivity index (χ1) is 16.0. The van der Waals surface area contributed by atoms with Gasteiger partial charge in [-0.25, -0.2) is 0 Å². The normalized spacial score (nSPS) is 19.5. The van der Waals surface area contributed by atoms with Gasteiger partial charge in [0.15, 0.2) is 16.8 Å². The number of halogens is 1. The summed E-state index contributed by atoms with van der Waals surface area (Å²) in [6, 6.07) is 12.9. The predicted octanol–water partition coefficient (Wildman–Crippen LogP) is 4.81. The number of fused-ring (bicyclic) bond motifs is 1. The van der Waals surface area contributed by atoms with Crippen molar-refractivity contribution in [3.05, 3.63) is 58.6 Å². The zero-order valence-electron chi connectivity index (χ0n) is 18.1. The molecule has 33 heavy (non-hydrogen) atoms. The number of amides is 1. The van der Waals surface area contributed by atoms with E-state index in [9.17, 15) is 9.59 Å². The molecule has 5 rings (SSSR count). The van der Waals surface area contributed by atoms with E-state index >= 15 is 0 Å². The molecule has 1 saturated heterocycles. The second kappa shape index (κ2) is 9.29. The number of aromatic nitrogens is 3. The lowest BCUT2D eigenvalue weighted by molar-refractivity contribution is -0.116. The Morgan fingerprint density at radius 2 is 2.06 bits per heavy atom. The standard InChI is InChI=1S/C24H23ClN4O3S/c1-14-19-11-16(6-9-20(19)26-23(14)31)21(30)13-33-24-28-27-22(15-4-7-17(25)8-5-15)29(24)12-18-3-2-10-32-18/h4-9,11,14,18H,2-3,10,12-13H2,1H3,(H,26,31). The van der Waals surface area contributed by atoms with Crippen LogP contribution in [0, 0.1) is 0 Å². The van der Waals surface area contributed by atoms with E-state index in [2.05, 4.69) is 15.5 Å². The third-order valence-electron chi connectivity index (χ3n) is 6.05. The molecule has 0 bridgehead atoms. The molecule has 1 N–H and O–H groups in total. The predicted molar refractivity (Wildman–Crippen MR) is 128 cm³/mol. The average molecular weight is 483 g/mol. The summed E-state index contributed by atoms with van der Waals surface area (Å²) in [4.78, 5) is 24.9. The van der Waals surface area contributed by atoms with Crippen LogP contribution in [0.25, 0.3) is 11.4 Å². The van der Waals surface area contributed by atoms with E-state index in [0.717, 1.165) is 42.1 Å². The fraction of sp³-hybridized carbons (Fsp3) is 0.333. The minimum atomic E-state index is -0.253. The monoisotopic (exact) mass is 482 g/mol. The molecule has 170 valence electrons. The van der Waals surface area contributed by atoms with E-state index in [0.29, 0.717) is 22.3 Å². The molecule has 1 amide bonds. The van der Waals surface area contributed by atoms with Crippen LogP contribution in [0.1, 0.15) is 41.6 Å². The highest BCUT2D eigenvalue weighted by molar-refractivity contribution is 7.99. The van der Waals surface area contributed by atoms with Crippen molar-refractivity contribution in [3.8, 4) is 11.4 Å². The highest BCUT2D eigenvalue weighted by atomic mass is 35.5. The molecular formula is C24H23ClN4O3S. The smallest absolute Gasteiger partial charge is 0.231 e. The number of nitrogens with one attached hydrogen (secondary N) is 1. The minimum absolute atomic E-state index is 0.0194. The maximum absolute atomic E-state index is 13.0. The lowest BCUT2D eigenvalue weighted by Crippen LogP contribution is -2.17. The van der Waals surface area contributed by atoms with Gasteiger partial charge in [0.2, 0.25) is 5.91 Å². The summed E-state index contributed by atoms with van der Waals surface area (Å²) in [5.41, 5.74) is 3.14. The zero-order chi connectivity index (χ0) is 22.9. The molecule has 3 aromatic rings. The van der Waals surface area contributed by atoms with Gasteiger partial charge in [-0.2, -0.15) is 0 Å². The van der Waals surface area contributed by atoms with Crippen molar-refractivity contribution in [1.29, 1.82) is 0 Å². The third kappa shape index (κ3) is 4.55. The summed E-state index contributed by atoms with van der Waals surface area (Å²) < 4.78 is 7.87. The van der Waals surface area contributed by atoms with Gasteiger partial charge < -0.3 is 10.1 Å². The number of nitrogens with zero attached hydrogens (tertiary/aromatic N) is 3. The van der Waals surface area contributed by atoms with Crippen LogP contribution in [-0.2, 0) is 16.1 Å². The van der Waals surface area contributed by atoms with E-state index in [4.69, 9.17) is 16.3 Å². The quantitative estimate of drug-likeness (QED) is 0.384. The number of anilines is 1. The van der Waals surface area contributed by atoms with Gasteiger partial charge in [-0.05, 0) is 67.8 Å². The van der Waals surface area contributed by atoms with Crippen molar-refractivity contribution in [2.45, 2.75) is 43.5 Å². The van der Waals surface area contributed by atoms with Crippen LogP contribution in [0.4, 0.5) is 5.69 Å². The maximum atomic E-state index is 13.0. The zero-order valence-corrected chi connectivity index (χ0v) is 19.7. The van der Waals surface area contributed by atoms with Crippen LogP contribution >= 0.6 is 23.4 Å². The van der Waals surface area contributed by atoms with Crippen molar-refractivity contribution in [2.75, 3.05) is 17.7 Å². The van der Waals surface area contributed by atoms with Gasteiger partial charge in [-0.15, -0.1) is 10.2 Å². The van der Waals surface area contributed by atoms with Gasteiger partial charge in [0.05, 0.1) is 24.3 Å². The Labute approximate surface area is 200 Å². The van der Waals surface area contributed by atoms with Gasteiger partial charge in [-0.1, -0.05) is 23.4 Å². The maximum Gasteiger partial charge on any atom is 0.231 e. The molecule has 2 unspecified atom stereocenters. The Morgan fingerprint density at radius 1 is 1.24 bits per heavy atom. The average Bonchev–Trinajstić information content (AvgIpc) is 3.54. The third-order valence-corrected chi connectivity index (χ3v) is 7.27. The second-order valence-corrected chi connectivity index (χ2v) is 9.66. The number of benzene rings is 2. The molecule has 2 aromatic carbocycles. The summed E-state index contributed by atoms with van der Waals surface area (Å²) in [6.45, 7) is 3.24. The van der Waals surface area contributed by atoms with E-state index in [1.807, 2.05) is 41.8 Å². The Bertz CT molecular complexity index is 1200. The highest BCUT2D eigenvalue weighted by Crippen LogP contribution is 2.33. The molecule has 2 aliphatic rings. The lowest BCUT2D eigenvalue weighted by atomic mass is 9.99. The Morgan fingerprint density at radius 3 is 2.82 bits per heavy atom. The van der Waals surface area contributed by atoms with Gasteiger partial charge in [0, 0.05) is 28.4 Å². The molecule has 1 aromatic heterocycles. The number of hydrogen-bond acceptors (Lipinski definition) is 6. The number of hydrogen-bond donors (Lipinski definition) is 1. The Kier molecular flexibility index (Phi) is 6.23. The molecule has 2 aliphatic heterocycles. The molecule has 0 radical (unpaired) electrons. The number of thioether (sulfide) groups is 1. The number of carbonyl (C=O) groups excluding carboxylic acids is 2. The summed E-state index contributed by atoms with van der Waals surface area (Å²) in [5.74, 6) is 0.638. The van der Waals surface area contributed by atoms with Crippen LogP contribution in [0.3, 0.4) is 0 Å². The Balaban J connectivity index is 1.36. The fourth-order valence-corrected chi connectivity index (χ4v) is 5.14. The fourth-order valence-electron chi connectivity index (χ4n) is 4.17. The molecule has 0 saturated carbocycles. The van der Waals surface area contributed by atoms with Gasteiger partial charge in [0.25, 0.3) is 0 Å². The van der Waals surface area contributed by atoms with Crippen molar-refractivity contribution in [3.63, 3.8) is 0 Å². The largest absolute Gasteiger partial charge is 0.376 e.